The van der Waals surface area contributed by atoms with Gasteiger partial charge in [-0.1, -0.05) is 26.0 Å². The molecule has 134 valence electrons. The highest BCUT2D eigenvalue weighted by atomic mass is 32.2. The van der Waals surface area contributed by atoms with Gasteiger partial charge in [-0.05, 0) is 37.0 Å². The summed E-state index contributed by atoms with van der Waals surface area (Å²) in [6, 6.07) is 9.95. The number of sulfone groups is 1. The second-order valence-electron chi connectivity index (χ2n) is 6.86. The van der Waals surface area contributed by atoms with E-state index in [2.05, 4.69) is 46.6 Å². The first-order valence-electron chi connectivity index (χ1n) is 8.50. The minimum absolute atomic E-state index is 0.0857. The van der Waals surface area contributed by atoms with Gasteiger partial charge in [0.25, 0.3) is 0 Å². The molecule has 1 atom stereocenters. The van der Waals surface area contributed by atoms with E-state index in [1.165, 1.54) is 5.56 Å². The molecule has 25 heavy (non-hydrogen) atoms. The summed E-state index contributed by atoms with van der Waals surface area (Å²) < 4.78 is 23.2. The van der Waals surface area contributed by atoms with E-state index in [0.29, 0.717) is 24.1 Å². The maximum absolute atomic E-state index is 11.6. The smallest absolute Gasteiger partial charge is 0.229 e. The Morgan fingerprint density at radius 1 is 1.16 bits per heavy atom. The first-order chi connectivity index (χ1) is 11.8. The van der Waals surface area contributed by atoms with Crippen LogP contribution < -0.4 is 10.6 Å². The van der Waals surface area contributed by atoms with Crippen LogP contribution in [-0.4, -0.2) is 35.9 Å². The molecule has 0 radical (unpaired) electrons. The van der Waals surface area contributed by atoms with Crippen molar-refractivity contribution in [3.8, 4) is 0 Å². The van der Waals surface area contributed by atoms with Crippen LogP contribution in [0.5, 0.6) is 0 Å². The molecule has 1 aromatic heterocycles. The molecule has 0 aliphatic carbocycles. The van der Waals surface area contributed by atoms with Crippen molar-refractivity contribution in [1.29, 1.82) is 0 Å². The normalized spacial score (nSPS) is 19.1. The van der Waals surface area contributed by atoms with Crippen LogP contribution in [0, 0.1) is 6.92 Å². The van der Waals surface area contributed by atoms with Crippen LogP contribution in [0.3, 0.4) is 0 Å². The molecule has 1 aliphatic rings. The maximum atomic E-state index is 11.6. The Bertz CT molecular complexity index is 848. The van der Waals surface area contributed by atoms with Crippen molar-refractivity contribution < 1.29 is 8.42 Å². The summed E-state index contributed by atoms with van der Waals surface area (Å²) in [5, 5.41) is 6.43. The van der Waals surface area contributed by atoms with Crippen LogP contribution in [0.2, 0.25) is 0 Å². The summed E-state index contributed by atoms with van der Waals surface area (Å²) >= 11 is 0. The number of nitrogens with one attached hydrogen (secondary N) is 2. The van der Waals surface area contributed by atoms with Crippen molar-refractivity contribution in [2.24, 2.45) is 0 Å². The summed E-state index contributed by atoms with van der Waals surface area (Å²) in [4.78, 5) is 8.88. The molecule has 0 bridgehead atoms. The van der Waals surface area contributed by atoms with E-state index in [1.54, 1.807) is 0 Å². The highest BCUT2D eigenvalue weighted by molar-refractivity contribution is 7.91. The van der Waals surface area contributed by atoms with Crippen LogP contribution in [0.4, 0.5) is 17.5 Å². The minimum Gasteiger partial charge on any atom is -0.366 e. The van der Waals surface area contributed by atoms with Crippen LogP contribution >= 0.6 is 0 Å². The number of hydrogen-bond acceptors (Lipinski definition) is 6. The molecule has 2 aromatic rings. The number of benzene rings is 1. The summed E-state index contributed by atoms with van der Waals surface area (Å²) in [5.74, 6) is 2.04. The number of hydrogen-bond donors (Lipinski definition) is 2. The second kappa shape index (κ2) is 7.00. The Kier molecular flexibility index (Phi) is 4.94. The van der Waals surface area contributed by atoms with Crippen molar-refractivity contribution in [1.82, 2.24) is 9.97 Å². The maximum Gasteiger partial charge on any atom is 0.229 e. The fraction of sp³-hybridized carbons (Fsp3) is 0.444. The van der Waals surface area contributed by atoms with Gasteiger partial charge in [0.05, 0.1) is 11.5 Å². The molecule has 0 saturated carbocycles. The monoisotopic (exact) mass is 360 g/mol. The average molecular weight is 360 g/mol. The molecule has 0 spiro atoms. The van der Waals surface area contributed by atoms with E-state index < -0.39 is 9.84 Å². The summed E-state index contributed by atoms with van der Waals surface area (Å²) in [7, 11) is -2.92. The lowest BCUT2D eigenvalue weighted by atomic mass is 10.0. The van der Waals surface area contributed by atoms with Gasteiger partial charge in [-0.25, -0.2) is 13.4 Å². The van der Waals surface area contributed by atoms with Gasteiger partial charge >= 0.3 is 0 Å². The van der Waals surface area contributed by atoms with Crippen molar-refractivity contribution in [3.63, 3.8) is 0 Å². The third kappa shape index (κ3) is 4.69. The number of aryl methyl sites for hydroxylation is 1. The molecule has 1 aromatic carbocycles. The lowest BCUT2D eigenvalue weighted by Crippen LogP contribution is -2.21. The highest BCUT2D eigenvalue weighted by Crippen LogP contribution is 2.21. The quantitative estimate of drug-likeness (QED) is 0.851. The Labute approximate surface area is 149 Å². The lowest BCUT2D eigenvalue weighted by Gasteiger charge is -2.14. The standard InChI is InChI=1S/C18H24N4O2S/c1-12(2)14-4-6-15(7-5-14)21-18-19-13(3)10-17(22-18)20-16-8-9-25(23,24)11-16/h4-7,10,12,16H,8-9,11H2,1-3H3,(H2,19,20,21,22). The van der Waals surface area contributed by atoms with Gasteiger partial charge in [0, 0.05) is 23.5 Å². The van der Waals surface area contributed by atoms with Crippen LogP contribution in [0.15, 0.2) is 30.3 Å². The largest absolute Gasteiger partial charge is 0.366 e. The molecule has 1 fully saturated rings. The van der Waals surface area contributed by atoms with Gasteiger partial charge in [0.15, 0.2) is 9.84 Å². The van der Waals surface area contributed by atoms with E-state index in [0.717, 1.165) is 11.4 Å². The number of anilines is 3. The average Bonchev–Trinajstić information content (AvgIpc) is 2.86. The molecule has 7 heteroatoms. The summed E-state index contributed by atoms with van der Waals surface area (Å²) in [6.07, 6.45) is 0.616. The van der Waals surface area contributed by atoms with E-state index in [4.69, 9.17) is 0 Å². The van der Waals surface area contributed by atoms with Gasteiger partial charge < -0.3 is 10.6 Å². The Balaban J connectivity index is 1.73. The third-order valence-electron chi connectivity index (χ3n) is 4.27. The summed E-state index contributed by atoms with van der Waals surface area (Å²) in [6.45, 7) is 6.21. The highest BCUT2D eigenvalue weighted by Gasteiger charge is 2.28. The van der Waals surface area contributed by atoms with Crippen LogP contribution in [-0.2, 0) is 9.84 Å². The van der Waals surface area contributed by atoms with E-state index in [-0.39, 0.29) is 17.5 Å². The minimum atomic E-state index is -2.92. The van der Waals surface area contributed by atoms with Gasteiger partial charge in [0.1, 0.15) is 5.82 Å². The first-order valence-corrected chi connectivity index (χ1v) is 10.3. The number of rotatable bonds is 5. The lowest BCUT2D eigenvalue weighted by molar-refractivity contribution is 0.602. The molecule has 2 heterocycles. The molecule has 1 saturated heterocycles. The predicted octanol–water partition coefficient (Wildman–Crippen LogP) is 3.25. The zero-order chi connectivity index (χ0) is 18.0. The zero-order valence-corrected chi connectivity index (χ0v) is 15.6. The van der Waals surface area contributed by atoms with Crippen molar-refractivity contribution in [3.05, 3.63) is 41.6 Å². The number of nitrogens with zero attached hydrogens (tertiary/aromatic N) is 2. The van der Waals surface area contributed by atoms with Crippen molar-refractivity contribution >= 4 is 27.3 Å². The van der Waals surface area contributed by atoms with Crippen molar-refractivity contribution in [2.75, 3.05) is 22.1 Å². The van der Waals surface area contributed by atoms with E-state index in [9.17, 15) is 8.42 Å². The fourth-order valence-electron chi connectivity index (χ4n) is 2.90. The number of aromatic nitrogens is 2. The molecule has 6 nitrogen and oxygen atoms in total. The van der Waals surface area contributed by atoms with Gasteiger partial charge in [-0.15, -0.1) is 0 Å². The molecule has 1 unspecified atom stereocenters. The molecular weight excluding hydrogens is 336 g/mol. The van der Waals surface area contributed by atoms with E-state index >= 15 is 0 Å². The summed E-state index contributed by atoms with van der Waals surface area (Å²) in [5.41, 5.74) is 3.02. The predicted molar refractivity (Wildman–Crippen MR) is 101 cm³/mol. The Hall–Kier alpha value is -2.15. The second-order valence-corrected chi connectivity index (χ2v) is 9.09. The topological polar surface area (TPSA) is 84.0 Å². The third-order valence-corrected chi connectivity index (χ3v) is 6.04. The zero-order valence-electron chi connectivity index (χ0n) is 14.8. The van der Waals surface area contributed by atoms with Crippen molar-refractivity contribution in [2.45, 2.75) is 39.2 Å². The Morgan fingerprint density at radius 2 is 1.88 bits per heavy atom. The van der Waals surface area contributed by atoms with Gasteiger partial charge in [-0.2, -0.15) is 4.98 Å². The first kappa shape index (κ1) is 17.7. The molecule has 1 aliphatic heterocycles. The fourth-order valence-corrected chi connectivity index (χ4v) is 4.57. The van der Waals surface area contributed by atoms with Crippen LogP contribution in [0.25, 0.3) is 0 Å². The SMILES string of the molecule is Cc1cc(NC2CCS(=O)(=O)C2)nc(Nc2ccc(C(C)C)cc2)n1. The molecule has 0 amide bonds. The van der Waals surface area contributed by atoms with Crippen LogP contribution in [0.1, 0.15) is 37.4 Å². The Morgan fingerprint density at radius 3 is 2.48 bits per heavy atom. The molecule has 3 rings (SSSR count). The molecule has 2 N–H and O–H groups in total. The van der Waals surface area contributed by atoms with Gasteiger partial charge in [-0.3, -0.25) is 0 Å². The van der Waals surface area contributed by atoms with Gasteiger partial charge in [0.2, 0.25) is 5.95 Å². The molecular formula is C18H24N4O2S. The van der Waals surface area contributed by atoms with E-state index in [1.807, 2.05) is 25.1 Å².